The molecule has 0 radical (unpaired) electrons. The summed E-state index contributed by atoms with van der Waals surface area (Å²) in [6.07, 6.45) is -0.432. The molecule has 1 fully saturated rings. The molecule has 1 saturated heterocycles. The minimum atomic E-state index is -0.866. The number of benzene rings is 4. The van der Waals surface area contributed by atoms with Gasteiger partial charge in [-0.3, -0.25) is 0 Å². The lowest BCUT2D eigenvalue weighted by Crippen LogP contribution is -2.45. The number of aliphatic hydroxyl groups is 1. The molecule has 1 aromatic heterocycles. The number of aromatic nitrogens is 4. The molecule has 1 aliphatic heterocycles. The van der Waals surface area contributed by atoms with E-state index in [1.165, 1.54) is 18.9 Å². The van der Waals surface area contributed by atoms with Gasteiger partial charge in [-0.1, -0.05) is 78.5 Å². The average molecular weight is 697 g/mol. The fourth-order valence-electron chi connectivity index (χ4n) is 5.45. The van der Waals surface area contributed by atoms with E-state index < -0.39 is 24.3 Å². The lowest BCUT2D eigenvalue weighted by Gasteiger charge is -2.36. The first-order chi connectivity index (χ1) is 24.4. The molecule has 14 heteroatoms. The number of thioether (sulfide) groups is 1. The van der Waals surface area contributed by atoms with Gasteiger partial charge in [0.15, 0.2) is 6.29 Å². The number of carbonyl (C=O) groups is 2. The minimum Gasteiger partial charge on any atom is -0.508 e. The smallest absolute Gasteiger partial charge is 0.328 e. The second-order valence-corrected chi connectivity index (χ2v) is 12.5. The molecule has 2 heterocycles. The lowest BCUT2D eigenvalue weighted by molar-refractivity contribution is -0.245. The summed E-state index contributed by atoms with van der Waals surface area (Å²) >= 11 is 1.44. The van der Waals surface area contributed by atoms with Crippen LogP contribution in [0.1, 0.15) is 41.1 Å². The second kappa shape index (κ2) is 16.4. The Bertz CT molecular complexity index is 1860. The van der Waals surface area contributed by atoms with Crippen LogP contribution in [0.5, 0.6) is 5.75 Å². The number of ether oxygens (including phenoxy) is 3. The number of aromatic hydroxyl groups is 1. The summed E-state index contributed by atoms with van der Waals surface area (Å²) in [5.74, 6) is 0.123. The predicted octanol–water partition coefficient (Wildman–Crippen LogP) is 5.10. The number of amides is 2. The number of aliphatic hydroxyl groups excluding tert-OH is 1. The van der Waals surface area contributed by atoms with Crippen LogP contribution in [-0.4, -0.2) is 67.4 Å². The third-order valence-corrected chi connectivity index (χ3v) is 9.11. The number of hydrogen-bond donors (Lipinski definition) is 4. The van der Waals surface area contributed by atoms with Gasteiger partial charge >= 0.3 is 12.0 Å². The molecule has 13 nitrogen and oxygen atoms in total. The van der Waals surface area contributed by atoms with Gasteiger partial charge in [-0.2, -0.15) is 4.68 Å². The lowest BCUT2D eigenvalue weighted by atomic mass is 10.0. The van der Waals surface area contributed by atoms with Crippen LogP contribution in [0, 0.1) is 0 Å². The maximum absolute atomic E-state index is 12.9. The molecular formula is C36H36N6O7S. The fraction of sp³-hybridized carbons (Fsp3) is 0.250. The number of esters is 1. The summed E-state index contributed by atoms with van der Waals surface area (Å²) in [6.45, 7) is -0.0542. The molecule has 5 aromatic rings. The highest BCUT2D eigenvalue weighted by atomic mass is 32.2. The molecule has 4 aromatic carbocycles. The van der Waals surface area contributed by atoms with Gasteiger partial charge in [0.25, 0.3) is 0 Å². The minimum absolute atomic E-state index is 0.0542. The van der Waals surface area contributed by atoms with Gasteiger partial charge in [0.1, 0.15) is 11.8 Å². The molecule has 50 heavy (non-hydrogen) atoms. The van der Waals surface area contributed by atoms with E-state index in [0.29, 0.717) is 28.7 Å². The van der Waals surface area contributed by atoms with Gasteiger partial charge in [0, 0.05) is 29.8 Å². The Balaban J connectivity index is 1.14. The zero-order chi connectivity index (χ0) is 34.9. The molecule has 0 spiro atoms. The Morgan fingerprint density at radius 2 is 1.66 bits per heavy atom. The second-order valence-electron chi connectivity index (χ2n) is 11.5. The quantitative estimate of drug-likeness (QED) is 0.101. The number of methoxy groups -OCH3 is 1. The van der Waals surface area contributed by atoms with Crippen molar-refractivity contribution in [1.82, 2.24) is 25.5 Å². The van der Waals surface area contributed by atoms with E-state index in [1.807, 2.05) is 66.7 Å². The van der Waals surface area contributed by atoms with Crippen molar-refractivity contribution in [2.24, 2.45) is 0 Å². The van der Waals surface area contributed by atoms with Crippen molar-refractivity contribution in [3.05, 3.63) is 125 Å². The predicted molar refractivity (Wildman–Crippen MR) is 185 cm³/mol. The Labute approximate surface area is 292 Å². The summed E-state index contributed by atoms with van der Waals surface area (Å²) in [5.41, 5.74) is 4.60. The number of tetrazole rings is 1. The molecule has 258 valence electrons. The number of carbonyl (C=O) groups excluding carboxylic acids is 2. The van der Waals surface area contributed by atoms with Crippen LogP contribution in [-0.2, 0) is 32.0 Å². The summed E-state index contributed by atoms with van der Waals surface area (Å²) in [5, 5.41) is 37.4. The van der Waals surface area contributed by atoms with Gasteiger partial charge in [-0.05, 0) is 63.5 Å². The number of urea groups is 1. The van der Waals surface area contributed by atoms with Crippen molar-refractivity contribution < 1.29 is 34.0 Å². The molecule has 1 aliphatic rings. The van der Waals surface area contributed by atoms with Crippen molar-refractivity contribution in [2.45, 2.75) is 49.1 Å². The van der Waals surface area contributed by atoms with Gasteiger partial charge < -0.3 is 35.1 Å². The van der Waals surface area contributed by atoms with Crippen LogP contribution in [0.3, 0.4) is 0 Å². The normalized spacial score (nSPS) is 17.8. The molecule has 0 aliphatic carbocycles. The Hall–Kier alpha value is -5.28. The Kier molecular flexibility index (Phi) is 11.4. The molecule has 6 rings (SSSR count). The van der Waals surface area contributed by atoms with Crippen molar-refractivity contribution in [1.29, 1.82) is 0 Å². The van der Waals surface area contributed by atoms with Crippen molar-refractivity contribution in [2.75, 3.05) is 18.2 Å². The zero-order valence-electron chi connectivity index (χ0n) is 27.1. The van der Waals surface area contributed by atoms with E-state index in [2.05, 4.69) is 26.2 Å². The number of rotatable bonds is 12. The molecule has 4 N–H and O–H groups in total. The van der Waals surface area contributed by atoms with Gasteiger partial charge in [-0.25, -0.2) is 9.59 Å². The maximum atomic E-state index is 12.9. The van der Waals surface area contributed by atoms with Crippen LogP contribution in [0.4, 0.5) is 10.5 Å². The highest BCUT2D eigenvalue weighted by Crippen LogP contribution is 2.39. The number of nitrogens with zero attached hydrogens (tertiary/aromatic N) is 4. The average Bonchev–Trinajstić information content (AvgIpc) is 3.63. The van der Waals surface area contributed by atoms with E-state index >= 15 is 0 Å². The van der Waals surface area contributed by atoms with E-state index in [1.54, 1.807) is 41.1 Å². The molecule has 4 unspecified atom stereocenters. The van der Waals surface area contributed by atoms with E-state index in [4.69, 9.17) is 14.2 Å². The summed E-state index contributed by atoms with van der Waals surface area (Å²) < 4.78 is 19.4. The van der Waals surface area contributed by atoms with Gasteiger partial charge in [0.2, 0.25) is 5.16 Å². The molecule has 2 amide bonds. The van der Waals surface area contributed by atoms with Crippen molar-refractivity contribution in [3.8, 4) is 11.4 Å². The number of phenols is 1. The first kappa shape index (κ1) is 34.6. The Morgan fingerprint density at radius 1 is 0.940 bits per heavy atom. The van der Waals surface area contributed by atoms with E-state index in [9.17, 15) is 19.8 Å². The Morgan fingerprint density at radius 3 is 2.36 bits per heavy atom. The van der Waals surface area contributed by atoms with E-state index in [-0.39, 0.29) is 31.0 Å². The summed E-state index contributed by atoms with van der Waals surface area (Å²) in [4.78, 5) is 25.3. The van der Waals surface area contributed by atoms with Crippen LogP contribution < -0.4 is 10.6 Å². The first-order valence-electron chi connectivity index (χ1n) is 15.9. The molecular weight excluding hydrogens is 660 g/mol. The van der Waals surface area contributed by atoms with Crippen LogP contribution >= 0.6 is 11.8 Å². The maximum Gasteiger partial charge on any atom is 0.328 e. The molecule has 0 bridgehead atoms. The molecule has 4 atom stereocenters. The van der Waals surface area contributed by atoms with E-state index in [0.717, 1.165) is 22.3 Å². The van der Waals surface area contributed by atoms with Crippen LogP contribution in [0.25, 0.3) is 5.69 Å². The third-order valence-electron chi connectivity index (χ3n) is 8.06. The highest BCUT2D eigenvalue weighted by Gasteiger charge is 2.33. The molecule has 0 saturated carbocycles. The summed E-state index contributed by atoms with van der Waals surface area (Å²) in [6, 6.07) is 29.3. The highest BCUT2D eigenvalue weighted by molar-refractivity contribution is 7.99. The van der Waals surface area contributed by atoms with Crippen molar-refractivity contribution >= 4 is 29.4 Å². The number of anilines is 1. The number of phenolic OH excluding ortho intramolecular Hbond substituents is 1. The monoisotopic (exact) mass is 696 g/mol. The van der Waals surface area contributed by atoms with Crippen LogP contribution in [0.2, 0.25) is 0 Å². The van der Waals surface area contributed by atoms with Gasteiger partial charge in [0.05, 0.1) is 31.6 Å². The summed E-state index contributed by atoms with van der Waals surface area (Å²) in [7, 11) is 1.28. The largest absolute Gasteiger partial charge is 0.508 e. The standard InChI is InChI=1S/C36H36N6O7S/c1-47-33(45)31(19-23-5-3-2-4-6-23)38-35(46)37-27-13-11-26(12-14-27)34-48-30(20-32(49-34)25-9-7-24(21-43)8-10-25)22-50-36-39-40-41-42(36)28-15-17-29(44)18-16-28/h2-18,30-32,34,43-44H,19-22H2,1H3,(H2,37,38,46). The SMILES string of the molecule is COC(=O)C(Cc1ccccc1)NC(=O)Nc1ccc(C2OC(CSc3nnnn3-c3ccc(O)cc3)CC(c3ccc(CO)cc3)O2)cc1. The third kappa shape index (κ3) is 8.84. The van der Waals surface area contributed by atoms with Crippen molar-refractivity contribution in [3.63, 3.8) is 0 Å². The number of hydrogen-bond acceptors (Lipinski definition) is 11. The first-order valence-corrected chi connectivity index (χ1v) is 16.9. The van der Waals surface area contributed by atoms with Gasteiger partial charge in [-0.15, -0.1) is 5.10 Å². The fourth-order valence-corrected chi connectivity index (χ4v) is 6.36. The zero-order valence-corrected chi connectivity index (χ0v) is 27.9. The topological polar surface area (TPSA) is 170 Å². The number of nitrogens with one attached hydrogen (secondary N) is 2. The van der Waals surface area contributed by atoms with Crippen LogP contribution in [0.15, 0.2) is 108 Å².